The van der Waals surface area contributed by atoms with Crippen LogP contribution in [0.3, 0.4) is 0 Å². The van der Waals surface area contributed by atoms with E-state index < -0.39 is 0 Å². The number of nitrogens with zero attached hydrogens (tertiary/aromatic N) is 5. The Labute approximate surface area is 192 Å². The van der Waals surface area contributed by atoms with E-state index in [1.54, 1.807) is 29.3 Å². The van der Waals surface area contributed by atoms with Gasteiger partial charge in [0.15, 0.2) is 5.82 Å². The van der Waals surface area contributed by atoms with Crippen molar-refractivity contribution in [1.29, 1.82) is 5.41 Å². The van der Waals surface area contributed by atoms with Crippen molar-refractivity contribution >= 4 is 23.1 Å². The lowest BCUT2D eigenvalue weighted by Crippen LogP contribution is -2.18. The predicted molar refractivity (Wildman–Crippen MR) is 125 cm³/mol. The van der Waals surface area contributed by atoms with Crippen LogP contribution in [-0.2, 0) is 11.8 Å². The molecule has 0 amide bonds. The summed E-state index contributed by atoms with van der Waals surface area (Å²) in [7, 11) is 3.30. The van der Waals surface area contributed by atoms with Gasteiger partial charge in [-0.1, -0.05) is 5.57 Å². The number of hydrogen-bond donors (Lipinski definition) is 2. The van der Waals surface area contributed by atoms with Gasteiger partial charge in [0.2, 0.25) is 11.8 Å². The van der Waals surface area contributed by atoms with E-state index in [1.165, 1.54) is 7.11 Å². The molecule has 10 heteroatoms. The van der Waals surface area contributed by atoms with Crippen molar-refractivity contribution in [1.82, 2.24) is 24.7 Å². The molecule has 4 rings (SSSR count). The number of nitrogens with one attached hydrogen (secondary N) is 2. The van der Waals surface area contributed by atoms with Gasteiger partial charge in [-0.05, 0) is 26.8 Å². The molecule has 3 aromatic heterocycles. The maximum Gasteiger partial charge on any atom is 0.222 e. The van der Waals surface area contributed by atoms with E-state index >= 15 is 0 Å². The minimum absolute atomic E-state index is 0.0527. The molecule has 2 N–H and O–H groups in total. The first-order valence-corrected chi connectivity index (χ1v) is 10.6. The van der Waals surface area contributed by atoms with Crippen LogP contribution in [0.2, 0.25) is 0 Å². The van der Waals surface area contributed by atoms with E-state index in [4.69, 9.17) is 19.6 Å². The van der Waals surface area contributed by atoms with Gasteiger partial charge in [-0.3, -0.25) is 5.41 Å². The highest BCUT2D eigenvalue weighted by atomic mass is 16.5. The number of fused-ring (bicyclic) bond motifs is 6. The summed E-state index contributed by atoms with van der Waals surface area (Å²) < 4.78 is 19.2. The molecule has 172 valence electrons. The Morgan fingerprint density at radius 1 is 1.24 bits per heavy atom. The molecule has 0 saturated carbocycles. The first-order chi connectivity index (χ1) is 15.9. The van der Waals surface area contributed by atoms with E-state index in [0.29, 0.717) is 58.8 Å². The largest absolute Gasteiger partial charge is 0.490 e. The monoisotopic (exact) mass is 449 g/mol. The number of aromatic nitrogens is 5. The third-order valence-corrected chi connectivity index (χ3v) is 5.19. The highest BCUT2D eigenvalue weighted by Crippen LogP contribution is 2.33. The van der Waals surface area contributed by atoms with Crippen LogP contribution in [0.4, 0.5) is 11.6 Å². The van der Waals surface area contributed by atoms with Crippen LogP contribution in [0.15, 0.2) is 36.3 Å². The molecule has 0 aromatic carbocycles. The average Bonchev–Trinajstić information content (AvgIpc) is 3.15. The second-order valence-corrected chi connectivity index (χ2v) is 7.92. The van der Waals surface area contributed by atoms with E-state index in [0.717, 1.165) is 5.57 Å². The van der Waals surface area contributed by atoms with Crippen LogP contribution in [0.25, 0.3) is 17.0 Å². The summed E-state index contributed by atoms with van der Waals surface area (Å²) in [4.78, 5) is 13.5. The molecule has 4 bridgehead atoms. The minimum Gasteiger partial charge on any atom is -0.490 e. The minimum atomic E-state index is -0.164. The third kappa shape index (κ3) is 4.64. The van der Waals surface area contributed by atoms with E-state index in [-0.39, 0.29) is 12.0 Å². The standard InChI is InChI=1S/C23H27N7O3/c1-13(2)20(21(24)31-5)15-11-26-19-10-17(15)33-14(3)7-9-32-23-16(12-27-30(23)4)22-25-8-6-18(28-19)29-22/h6,8,10-12,14,24H,7,9H2,1-5H3,(H,25,26,28,29)/t14-/m0/s1. The molecule has 33 heavy (non-hydrogen) atoms. The molecule has 0 spiro atoms. The van der Waals surface area contributed by atoms with Crippen molar-refractivity contribution in [2.45, 2.75) is 33.3 Å². The molecule has 0 saturated heterocycles. The second-order valence-electron chi connectivity index (χ2n) is 7.92. The van der Waals surface area contributed by atoms with Crippen LogP contribution in [0, 0.1) is 5.41 Å². The Morgan fingerprint density at radius 2 is 2.06 bits per heavy atom. The van der Waals surface area contributed by atoms with Crippen molar-refractivity contribution in [2.24, 2.45) is 7.05 Å². The summed E-state index contributed by atoms with van der Waals surface area (Å²) in [6.45, 7) is 6.25. The van der Waals surface area contributed by atoms with Gasteiger partial charge in [-0.2, -0.15) is 5.10 Å². The van der Waals surface area contributed by atoms with Gasteiger partial charge in [0.05, 0.1) is 26.0 Å². The van der Waals surface area contributed by atoms with Crippen LogP contribution in [0.1, 0.15) is 32.8 Å². The Bertz CT molecular complexity index is 1210. The number of hydrogen-bond acceptors (Lipinski definition) is 9. The molecule has 0 aliphatic carbocycles. The van der Waals surface area contributed by atoms with Gasteiger partial charge in [0.1, 0.15) is 22.9 Å². The zero-order valence-electron chi connectivity index (χ0n) is 19.3. The van der Waals surface area contributed by atoms with Crippen molar-refractivity contribution in [2.75, 3.05) is 19.0 Å². The number of methoxy groups -OCH3 is 1. The normalized spacial score (nSPS) is 15.1. The number of aryl methyl sites for hydroxylation is 1. The fraction of sp³-hybridized carbons (Fsp3) is 0.348. The van der Waals surface area contributed by atoms with E-state index in [9.17, 15) is 0 Å². The fourth-order valence-corrected chi connectivity index (χ4v) is 3.55. The van der Waals surface area contributed by atoms with Gasteiger partial charge < -0.3 is 19.5 Å². The number of allylic oxidation sites excluding steroid dienone is 1. The predicted octanol–water partition coefficient (Wildman–Crippen LogP) is 3.98. The van der Waals surface area contributed by atoms with E-state index in [1.807, 2.05) is 33.9 Å². The number of pyridine rings is 1. The summed E-state index contributed by atoms with van der Waals surface area (Å²) >= 11 is 0. The quantitative estimate of drug-likeness (QED) is 0.445. The lowest BCUT2D eigenvalue weighted by atomic mass is 10.0. The van der Waals surface area contributed by atoms with Crippen molar-refractivity contribution in [3.8, 4) is 23.0 Å². The van der Waals surface area contributed by atoms with Crippen LogP contribution < -0.4 is 14.8 Å². The SMILES string of the molecule is COC(=N)C(=C(C)C)c1cnc2cc1O[C@@H](C)CCOc1c(cnn1C)-c1nccc(n1)N2. The first kappa shape index (κ1) is 22.3. The fourth-order valence-electron chi connectivity index (χ4n) is 3.55. The number of ether oxygens (including phenoxy) is 3. The zero-order chi connectivity index (χ0) is 23.5. The van der Waals surface area contributed by atoms with E-state index in [2.05, 4.69) is 25.4 Å². The van der Waals surface area contributed by atoms with Crippen LogP contribution in [-0.4, -0.2) is 50.5 Å². The second kappa shape index (κ2) is 9.27. The molecule has 1 aliphatic rings. The molecule has 0 unspecified atom stereocenters. The Hall–Kier alpha value is -3.95. The highest BCUT2D eigenvalue weighted by molar-refractivity contribution is 6.19. The first-order valence-electron chi connectivity index (χ1n) is 10.6. The van der Waals surface area contributed by atoms with Crippen molar-refractivity contribution in [3.05, 3.63) is 41.9 Å². The number of rotatable bonds is 2. The van der Waals surface area contributed by atoms with Gasteiger partial charge in [-0.15, -0.1) is 0 Å². The average molecular weight is 450 g/mol. The van der Waals surface area contributed by atoms with Crippen LogP contribution in [0.5, 0.6) is 11.6 Å². The van der Waals surface area contributed by atoms with Gasteiger partial charge in [0.25, 0.3) is 0 Å². The number of anilines is 2. The molecule has 1 aliphatic heterocycles. The highest BCUT2D eigenvalue weighted by Gasteiger charge is 2.21. The van der Waals surface area contributed by atoms with Crippen molar-refractivity contribution in [3.63, 3.8) is 0 Å². The summed E-state index contributed by atoms with van der Waals surface area (Å²) in [5.41, 5.74) is 2.95. The lowest BCUT2D eigenvalue weighted by Gasteiger charge is -2.21. The lowest BCUT2D eigenvalue weighted by molar-refractivity contribution is 0.172. The van der Waals surface area contributed by atoms with Gasteiger partial charge >= 0.3 is 0 Å². The van der Waals surface area contributed by atoms with Crippen LogP contribution >= 0.6 is 0 Å². The van der Waals surface area contributed by atoms with Gasteiger partial charge in [-0.25, -0.2) is 19.6 Å². The molecule has 0 radical (unpaired) electrons. The maximum atomic E-state index is 8.27. The molecular formula is C23H27N7O3. The molecule has 1 atom stereocenters. The Balaban J connectivity index is 1.80. The molecule has 0 fully saturated rings. The Morgan fingerprint density at radius 3 is 2.82 bits per heavy atom. The summed E-state index contributed by atoms with van der Waals surface area (Å²) in [5.74, 6) is 2.86. The smallest absolute Gasteiger partial charge is 0.222 e. The summed E-state index contributed by atoms with van der Waals surface area (Å²) in [6.07, 6.45) is 5.51. The van der Waals surface area contributed by atoms with Gasteiger partial charge in [0, 0.05) is 43.1 Å². The maximum absolute atomic E-state index is 8.27. The zero-order valence-corrected chi connectivity index (χ0v) is 19.3. The third-order valence-electron chi connectivity index (χ3n) is 5.19. The molecule has 3 aromatic rings. The van der Waals surface area contributed by atoms with Crippen molar-refractivity contribution < 1.29 is 14.2 Å². The Kier molecular flexibility index (Phi) is 6.25. The molecule has 10 nitrogen and oxygen atoms in total. The molecule has 4 heterocycles. The summed E-state index contributed by atoms with van der Waals surface area (Å²) in [5, 5.41) is 15.8. The topological polar surface area (TPSA) is 120 Å². The summed E-state index contributed by atoms with van der Waals surface area (Å²) in [6, 6.07) is 3.56. The molecular weight excluding hydrogens is 422 g/mol.